The first kappa shape index (κ1) is 10.9. The van der Waals surface area contributed by atoms with E-state index in [1.54, 1.807) is 6.20 Å². The van der Waals surface area contributed by atoms with E-state index in [-0.39, 0.29) is 6.04 Å². The molecule has 0 aliphatic carbocycles. The summed E-state index contributed by atoms with van der Waals surface area (Å²) in [5, 5.41) is 4.15. The molecule has 1 atom stereocenters. The average molecular weight is 216 g/mol. The fourth-order valence-corrected chi connectivity index (χ4v) is 1.82. The van der Waals surface area contributed by atoms with E-state index >= 15 is 0 Å². The predicted octanol–water partition coefficient (Wildman–Crippen LogP) is 1.17. The van der Waals surface area contributed by atoms with E-state index < -0.39 is 0 Å². The van der Waals surface area contributed by atoms with Gasteiger partial charge >= 0.3 is 0 Å². The molecule has 0 amide bonds. The Kier molecular flexibility index (Phi) is 3.34. The number of benzene rings is 1. The third-order valence-corrected chi connectivity index (χ3v) is 2.70. The molecule has 4 nitrogen and oxygen atoms in total. The standard InChI is InChI=1S/C12H16N4/c1-16-12(7-8-14-16)11(15-13)9-10-5-3-2-4-6-10/h2-8,11,15H,9,13H2,1H3. The molecule has 0 saturated carbocycles. The van der Waals surface area contributed by atoms with Crippen LogP contribution >= 0.6 is 0 Å². The first-order valence-electron chi connectivity index (χ1n) is 5.29. The molecule has 1 aromatic heterocycles. The van der Waals surface area contributed by atoms with Gasteiger partial charge in [-0.25, -0.2) is 0 Å². The highest BCUT2D eigenvalue weighted by molar-refractivity contribution is 5.19. The van der Waals surface area contributed by atoms with Gasteiger partial charge in [-0.2, -0.15) is 5.10 Å². The number of hydrazine groups is 1. The van der Waals surface area contributed by atoms with Crippen LogP contribution in [0.15, 0.2) is 42.6 Å². The number of aromatic nitrogens is 2. The van der Waals surface area contributed by atoms with Crippen molar-refractivity contribution in [3.8, 4) is 0 Å². The molecule has 0 fully saturated rings. The summed E-state index contributed by atoms with van der Waals surface area (Å²) in [6, 6.07) is 12.3. The monoisotopic (exact) mass is 216 g/mol. The van der Waals surface area contributed by atoms with E-state index in [0.29, 0.717) is 0 Å². The van der Waals surface area contributed by atoms with E-state index in [1.807, 2.05) is 36.0 Å². The normalized spacial score (nSPS) is 12.6. The number of nitrogens with one attached hydrogen (secondary N) is 1. The van der Waals surface area contributed by atoms with Crippen LogP contribution in [0.3, 0.4) is 0 Å². The maximum atomic E-state index is 5.59. The van der Waals surface area contributed by atoms with E-state index in [2.05, 4.69) is 22.7 Å². The van der Waals surface area contributed by atoms with Crippen LogP contribution in [0.25, 0.3) is 0 Å². The molecule has 84 valence electrons. The maximum Gasteiger partial charge on any atom is 0.0669 e. The molecule has 0 aliphatic heterocycles. The number of rotatable bonds is 4. The van der Waals surface area contributed by atoms with Crippen LogP contribution in [-0.2, 0) is 13.5 Å². The van der Waals surface area contributed by atoms with Crippen molar-refractivity contribution in [2.24, 2.45) is 12.9 Å². The molecule has 0 radical (unpaired) electrons. The third-order valence-electron chi connectivity index (χ3n) is 2.70. The summed E-state index contributed by atoms with van der Waals surface area (Å²) >= 11 is 0. The van der Waals surface area contributed by atoms with Crippen LogP contribution in [0.2, 0.25) is 0 Å². The number of hydrogen-bond acceptors (Lipinski definition) is 3. The minimum Gasteiger partial charge on any atom is -0.271 e. The molecule has 0 saturated heterocycles. The lowest BCUT2D eigenvalue weighted by atomic mass is 10.0. The van der Waals surface area contributed by atoms with Gasteiger partial charge in [0, 0.05) is 13.2 Å². The highest BCUT2D eigenvalue weighted by Gasteiger charge is 2.13. The average Bonchev–Trinajstić information content (AvgIpc) is 2.74. The minimum absolute atomic E-state index is 0.0925. The Morgan fingerprint density at radius 3 is 2.62 bits per heavy atom. The van der Waals surface area contributed by atoms with E-state index in [4.69, 9.17) is 5.84 Å². The Labute approximate surface area is 95.1 Å². The summed E-state index contributed by atoms with van der Waals surface area (Å²) in [4.78, 5) is 0. The largest absolute Gasteiger partial charge is 0.271 e. The van der Waals surface area contributed by atoms with Crippen LogP contribution in [-0.4, -0.2) is 9.78 Å². The summed E-state index contributed by atoms with van der Waals surface area (Å²) in [7, 11) is 1.92. The second-order valence-corrected chi connectivity index (χ2v) is 3.79. The highest BCUT2D eigenvalue weighted by Crippen LogP contribution is 2.16. The molecule has 2 aromatic rings. The molecule has 16 heavy (non-hydrogen) atoms. The molecule has 2 rings (SSSR count). The van der Waals surface area contributed by atoms with Gasteiger partial charge in [-0.1, -0.05) is 30.3 Å². The van der Waals surface area contributed by atoms with Gasteiger partial charge < -0.3 is 0 Å². The second-order valence-electron chi connectivity index (χ2n) is 3.79. The molecular weight excluding hydrogens is 200 g/mol. The number of nitrogens with zero attached hydrogens (tertiary/aromatic N) is 2. The molecule has 3 N–H and O–H groups in total. The minimum atomic E-state index is 0.0925. The zero-order valence-corrected chi connectivity index (χ0v) is 9.30. The van der Waals surface area contributed by atoms with E-state index in [0.717, 1.165) is 12.1 Å². The van der Waals surface area contributed by atoms with Gasteiger partial charge in [-0.3, -0.25) is 16.0 Å². The van der Waals surface area contributed by atoms with Crippen molar-refractivity contribution in [3.05, 3.63) is 53.9 Å². The summed E-state index contributed by atoms with van der Waals surface area (Å²) in [5.41, 5.74) is 5.18. The van der Waals surface area contributed by atoms with Gasteiger partial charge in [0.1, 0.15) is 0 Å². The summed E-state index contributed by atoms with van der Waals surface area (Å²) in [6.07, 6.45) is 2.64. The van der Waals surface area contributed by atoms with Crippen LogP contribution in [0.1, 0.15) is 17.3 Å². The van der Waals surface area contributed by atoms with Crippen LogP contribution in [0.5, 0.6) is 0 Å². The van der Waals surface area contributed by atoms with Gasteiger partial charge in [0.15, 0.2) is 0 Å². The van der Waals surface area contributed by atoms with Crippen molar-refractivity contribution in [2.45, 2.75) is 12.5 Å². The Morgan fingerprint density at radius 1 is 1.31 bits per heavy atom. The summed E-state index contributed by atoms with van der Waals surface area (Å²) < 4.78 is 1.84. The molecule has 0 bridgehead atoms. The Bertz CT molecular complexity index is 435. The fourth-order valence-electron chi connectivity index (χ4n) is 1.82. The Balaban J connectivity index is 2.16. The molecule has 1 heterocycles. The van der Waals surface area contributed by atoms with Gasteiger partial charge in [0.05, 0.1) is 11.7 Å². The van der Waals surface area contributed by atoms with Crippen LogP contribution in [0.4, 0.5) is 0 Å². The molecule has 4 heteroatoms. The zero-order valence-electron chi connectivity index (χ0n) is 9.30. The zero-order chi connectivity index (χ0) is 11.4. The molecule has 1 unspecified atom stereocenters. The lowest BCUT2D eigenvalue weighted by molar-refractivity contribution is 0.508. The summed E-state index contributed by atoms with van der Waals surface area (Å²) in [6.45, 7) is 0. The fraction of sp³-hybridized carbons (Fsp3) is 0.250. The SMILES string of the molecule is Cn1nccc1C(Cc1ccccc1)NN. The Hall–Kier alpha value is -1.65. The molecule has 0 spiro atoms. The van der Waals surface area contributed by atoms with Crippen molar-refractivity contribution in [2.75, 3.05) is 0 Å². The first-order chi connectivity index (χ1) is 7.81. The van der Waals surface area contributed by atoms with Crippen molar-refractivity contribution in [1.29, 1.82) is 0 Å². The molecule has 0 aliphatic rings. The predicted molar refractivity (Wildman–Crippen MR) is 63.4 cm³/mol. The number of hydrogen-bond donors (Lipinski definition) is 2. The van der Waals surface area contributed by atoms with Crippen LogP contribution in [0, 0.1) is 0 Å². The maximum absolute atomic E-state index is 5.59. The van der Waals surface area contributed by atoms with Gasteiger partial charge in [-0.05, 0) is 18.1 Å². The third kappa shape index (κ3) is 2.29. The second kappa shape index (κ2) is 4.92. The van der Waals surface area contributed by atoms with Gasteiger partial charge in [0.25, 0.3) is 0 Å². The van der Waals surface area contributed by atoms with Crippen molar-refractivity contribution in [3.63, 3.8) is 0 Å². The van der Waals surface area contributed by atoms with Crippen LogP contribution < -0.4 is 11.3 Å². The van der Waals surface area contributed by atoms with Gasteiger partial charge in [-0.15, -0.1) is 0 Å². The van der Waals surface area contributed by atoms with E-state index in [1.165, 1.54) is 5.56 Å². The van der Waals surface area contributed by atoms with Crippen molar-refractivity contribution < 1.29 is 0 Å². The van der Waals surface area contributed by atoms with Crippen molar-refractivity contribution >= 4 is 0 Å². The summed E-state index contributed by atoms with van der Waals surface area (Å²) in [5.74, 6) is 5.59. The molecular formula is C12H16N4. The number of aryl methyl sites for hydroxylation is 1. The lowest BCUT2D eigenvalue weighted by Crippen LogP contribution is -2.31. The van der Waals surface area contributed by atoms with Crippen molar-refractivity contribution in [1.82, 2.24) is 15.2 Å². The quantitative estimate of drug-likeness (QED) is 0.596. The van der Waals surface area contributed by atoms with Gasteiger partial charge in [0.2, 0.25) is 0 Å². The topological polar surface area (TPSA) is 55.9 Å². The first-order valence-corrected chi connectivity index (χ1v) is 5.29. The smallest absolute Gasteiger partial charge is 0.0669 e. The lowest BCUT2D eigenvalue weighted by Gasteiger charge is -2.16. The highest BCUT2D eigenvalue weighted by atomic mass is 15.3. The molecule has 1 aromatic carbocycles. The Morgan fingerprint density at radius 2 is 2.06 bits per heavy atom. The van der Waals surface area contributed by atoms with E-state index in [9.17, 15) is 0 Å². The number of nitrogens with two attached hydrogens (primary N) is 1.